The van der Waals surface area contributed by atoms with Crippen LogP contribution in [0, 0.1) is 17.8 Å². The van der Waals surface area contributed by atoms with Crippen LogP contribution in [0.1, 0.15) is 27.2 Å². The minimum absolute atomic E-state index is 0.898. The smallest absolute Gasteiger partial charge is 0.0159 e. The number of rotatable bonds is 0. The predicted octanol–water partition coefficient (Wildman–Crippen LogP) is 3.30. The van der Waals surface area contributed by atoms with E-state index >= 15 is 0 Å². The molecule has 1 saturated carbocycles. The second-order valence-electron chi connectivity index (χ2n) is 4.08. The van der Waals surface area contributed by atoms with Crippen molar-refractivity contribution >= 4 is 11.8 Å². The fourth-order valence-electron chi connectivity index (χ4n) is 2.39. The molecule has 0 saturated heterocycles. The van der Waals surface area contributed by atoms with Gasteiger partial charge in [0.2, 0.25) is 0 Å². The molecule has 1 fully saturated rings. The summed E-state index contributed by atoms with van der Waals surface area (Å²) in [7, 11) is 0. The molecule has 0 aromatic heterocycles. The van der Waals surface area contributed by atoms with Crippen LogP contribution < -0.4 is 0 Å². The van der Waals surface area contributed by atoms with Gasteiger partial charge in [-0.3, -0.25) is 0 Å². The van der Waals surface area contributed by atoms with E-state index in [-0.39, 0.29) is 0 Å². The number of thioether (sulfide) groups is 1. The molecule has 0 nitrogen and oxygen atoms in total. The summed E-state index contributed by atoms with van der Waals surface area (Å²) in [5.41, 5.74) is 0. The van der Waals surface area contributed by atoms with E-state index in [4.69, 9.17) is 0 Å². The highest BCUT2D eigenvalue weighted by atomic mass is 32.2. The quantitative estimate of drug-likeness (QED) is 0.535. The first-order valence-electron chi connectivity index (χ1n) is 4.53. The molecule has 2 unspecified atom stereocenters. The van der Waals surface area contributed by atoms with Gasteiger partial charge in [-0.25, -0.2) is 0 Å². The molecule has 1 aliphatic carbocycles. The van der Waals surface area contributed by atoms with E-state index in [9.17, 15) is 0 Å². The Kier molecular flexibility index (Phi) is 1.79. The maximum Gasteiger partial charge on any atom is 0.0159 e. The van der Waals surface area contributed by atoms with Crippen LogP contribution in [0.25, 0.3) is 0 Å². The summed E-state index contributed by atoms with van der Waals surface area (Å²) in [6.07, 6.45) is 3.92. The van der Waals surface area contributed by atoms with E-state index in [1.807, 2.05) is 0 Å². The first-order valence-corrected chi connectivity index (χ1v) is 5.41. The molecule has 0 amide bonds. The van der Waals surface area contributed by atoms with Crippen molar-refractivity contribution in [2.24, 2.45) is 17.8 Å². The number of allylic oxidation sites excluding steroid dienone is 2. The van der Waals surface area contributed by atoms with E-state index in [1.165, 1.54) is 6.42 Å². The summed E-state index contributed by atoms with van der Waals surface area (Å²) >= 11 is 2.10. The second-order valence-corrected chi connectivity index (χ2v) is 5.57. The molecule has 1 heterocycles. The molecular weight excluding hydrogens is 152 g/mol. The molecule has 1 aliphatic heterocycles. The van der Waals surface area contributed by atoms with Crippen molar-refractivity contribution in [2.75, 3.05) is 0 Å². The van der Waals surface area contributed by atoms with Crippen LogP contribution >= 0.6 is 11.8 Å². The molecule has 0 N–H and O–H groups in total. The molecule has 0 spiro atoms. The Labute approximate surface area is 73.4 Å². The van der Waals surface area contributed by atoms with Crippen LogP contribution in [0.3, 0.4) is 0 Å². The third-order valence-corrected chi connectivity index (χ3v) is 4.62. The van der Waals surface area contributed by atoms with Crippen molar-refractivity contribution in [3.05, 3.63) is 11.0 Å². The van der Waals surface area contributed by atoms with Crippen molar-refractivity contribution in [2.45, 2.75) is 32.4 Å². The van der Waals surface area contributed by atoms with Gasteiger partial charge in [-0.15, -0.1) is 11.8 Å². The van der Waals surface area contributed by atoms with E-state index < -0.39 is 0 Å². The maximum atomic E-state index is 2.49. The van der Waals surface area contributed by atoms with Crippen molar-refractivity contribution < 1.29 is 0 Å². The molecule has 0 radical (unpaired) electrons. The van der Waals surface area contributed by atoms with E-state index in [0.717, 1.165) is 23.0 Å². The van der Waals surface area contributed by atoms with E-state index in [0.29, 0.717) is 0 Å². The van der Waals surface area contributed by atoms with E-state index in [2.05, 4.69) is 38.6 Å². The van der Waals surface area contributed by atoms with Gasteiger partial charge in [0.05, 0.1) is 0 Å². The maximum absolute atomic E-state index is 2.49. The summed E-state index contributed by atoms with van der Waals surface area (Å²) in [6, 6.07) is 0. The van der Waals surface area contributed by atoms with Crippen molar-refractivity contribution in [3.8, 4) is 0 Å². The van der Waals surface area contributed by atoms with Gasteiger partial charge >= 0.3 is 0 Å². The SMILES string of the molecule is CC1=CC2C(C[C@H](C)[C@@H]2C)S1. The van der Waals surface area contributed by atoms with Gasteiger partial charge in [0.15, 0.2) is 0 Å². The molecule has 0 bridgehead atoms. The van der Waals surface area contributed by atoms with Crippen LogP contribution in [0.4, 0.5) is 0 Å². The van der Waals surface area contributed by atoms with Crippen LogP contribution in [0.15, 0.2) is 11.0 Å². The van der Waals surface area contributed by atoms with Gasteiger partial charge in [0, 0.05) is 5.25 Å². The molecule has 11 heavy (non-hydrogen) atoms. The topological polar surface area (TPSA) is 0 Å². The summed E-state index contributed by atoms with van der Waals surface area (Å²) in [6.45, 7) is 7.05. The summed E-state index contributed by atoms with van der Waals surface area (Å²) in [4.78, 5) is 1.55. The van der Waals surface area contributed by atoms with Crippen LogP contribution in [0.5, 0.6) is 0 Å². The first-order chi connectivity index (χ1) is 5.18. The fraction of sp³-hybridized carbons (Fsp3) is 0.800. The molecular formula is C10H16S. The zero-order valence-electron chi connectivity index (χ0n) is 7.50. The normalized spacial score (nSPS) is 49.2. The zero-order valence-corrected chi connectivity index (χ0v) is 8.32. The van der Waals surface area contributed by atoms with Crippen LogP contribution in [-0.4, -0.2) is 5.25 Å². The number of hydrogen-bond donors (Lipinski definition) is 0. The molecule has 0 aromatic rings. The lowest BCUT2D eigenvalue weighted by atomic mass is 9.92. The number of hydrogen-bond acceptors (Lipinski definition) is 1. The van der Waals surface area contributed by atoms with Gasteiger partial charge in [-0.2, -0.15) is 0 Å². The minimum Gasteiger partial charge on any atom is -0.127 e. The Morgan fingerprint density at radius 2 is 2.18 bits per heavy atom. The third kappa shape index (κ3) is 1.14. The lowest BCUT2D eigenvalue weighted by Gasteiger charge is -2.13. The minimum atomic E-state index is 0.898. The highest BCUT2D eigenvalue weighted by molar-refractivity contribution is 8.03. The second kappa shape index (κ2) is 2.55. The summed E-state index contributed by atoms with van der Waals surface area (Å²) < 4.78 is 0. The van der Waals surface area contributed by atoms with E-state index in [1.54, 1.807) is 4.91 Å². The molecule has 2 rings (SSSR count). The highest BCUT2D eigenvalue weighted by Gasteiger charge is 2.40. The largest absolute Gasteiger partial charge is 0.127 e. The molecule has 1 heteroatoms. The van der Waals surface area contributed by atoms with Gasteiger partial charge in [-0.05, 0) is 36.0 Å². The Balaban J connectivity index is 2.17. The zero-order chi connectivity index (χ0) is 8.01. The van der Waals surface area contributed by atoms with Crippen molar-refractivity contribution in [3.63, 3.8) is 0 Å². The molecule has 2 aliphatic rings. The van der Waals surface area contributed by atoms with Gasteiger partial charge in [0.1, 0.15) is 0 Å². The Morgan fingerprint density at radius 3 is 2.82 bits per heavy atom. The molecule has 4 atom stereocenters. The number of fused-ring (bicyclic) bond motifs is 1. The van der Waals surface area contributed by atoms with Crippen molar-refractivity contribution in [1.82, 2.24) is 0 Å². The van der Waals surface area contributed by atoms with Crippen LogP contribution in [0.2, 0.25) is 0 Å². The van der Waals surface area contributed by atoms with Gasteiger partial charge < -0.3 is 0 Å². The Bertz CT molecular complexity index is 195. The lowest BCUT2D eigenvalue weighted by molar-refractivity contribution is 0.408. The Hall–Kier alpha value is 0.0900. The Morgan fingerprint density at radius 1 is 1.45 bits per heavy atom. The standard InChI is InChI=1S/C10H16S/c1-6-4-10-9(8(6)3)5-7(2)11-10/h5-6,8-10H,4H2,1-3H3/t6-,8-,9?,10?/m0/s1. The molecule has 62 valence electrons. The average molecular weight is 168 g/mol. The highest BCUT2D eigenvalue weighted by Crippen LogP contribution is 2.50. The van der Waals surface area contributed by atoms with Gasteiger partial charge in [-0.1, -0.05) is 19.9 Å². The first kappa shape index (κ1) is 7.72. The van der Waals surface area contributed by atoms with Crippen molar-refractivity contribution in [1.29, 1.82) is 0 Å². The third-order valence-electron chi connectivity index (χ3n) is 3.30. The van der Waals surface area contributed by atoms with Crippen LogP contribution in [-0.2, 0) is 0 Å². The molecule has 0 aromatic carbocycles. The summed E-state index contributed by atoms with van der Waals surface area (Å²) in [5.74, 6) is 2.77. The summed E-state index contributed by atoms with van der Waals surface area (Å²) in [5, 5.41) is 0.931. The van der Waals surface area contributed by atoms with Gasteiger partial charge in [0.25, 0.3) is 0 Å². The lowest BCUT2D eigenvalue weighted by Crippen LogP contribution is -2.09. The predicted molar refractivity (Wildman–Crippen MR) is 51.6 cm³/mol. The average Bonchev–Trinajstić information content (AvgIpc) is 2.37. The fourth-order valence-corrected chi connectivity index (χ4v) is 3.99. The monoisotopic (exact) mass is 168 g/mol.